The van der Waals surface area contributed by atoms with E-state index in [9.17, 15) is 0 Å². The summed E-state index contributed by atoms with van der Waals surface area (Å²) in [6.45, 7) is 0. The van der Waals surface area contributed by atoms with Gasteiger partial charge >= 0.3 is 0 Å². The highest BCUT2D eigenvalue weighted by Gasteiger charge is 1.97. The van der Waals surface area contributed by atoms with Gasteiger partial charge in [-0.25, -0.2) is 4.98 Å². The fourth-order valence-electron chi connectivity index (χ4n) is 1.12. The van der Waals surface area contributed by atoms with Crippen molar-refractivity contribution in [3.8, 4) is 5.69 Å². The highest BCUT2D eigenvalue weighted by molar-refractivity contribution is 5.85. The van der Waals surface area contributed by atoms with Crippen LogP contribution >= 0.6 is 12.4 Å². The maximum Gasteiger partial charge on any atom is 0.0992 e. The molecular weight excluding hydrogens is 186 g/mol. The van der Waals surface area contributed by atoms with E-state index in [0.29, 0.717) is 0 Å². The Kier molecular flexibility index (Phi) is 2.93. The molecule has 13 heavy (non-hydrogen) atoms. The van der Waals surface area contributed by atoms with Gasteiger partial charge in [0.1, 0.15) is 0 Å². The summed E-state index contributed by atoms with van der Waals surface area (Å²) >= 11 is 0. The number of rotatable bonds is 1. The monoisotopic (exact) mass is 195 g/mol. The number of nitrogens with zero attached hydrogens (tertiary/aromatic N) is 2. The van der Waals surface area contributed by atoms with E-state index in [-0.39, 0.29) is 12.4 Å². The molecule has 0 saturated carbocycles. The number of hydrogen-bond acceptors (Lipinski definition) is 2. The van der Waals surface area contributed by atoms with Crippen LogP contribution in [-0.4, -0.2) is 9.55 Å². The Bertz CT molecular complexity index is 370. The molecule has 1 heterocycles. The van der Waals surface area contributed by atoms with Gasteiger partial charge in [-0.2, -0.15) is 0 Å². The Morgan fingerprint density at radius 3 is 2.62 bits per heavy atom. The summed E-state index contributed by atoms with van der Waals surface area (Å²) in [4.78, 5) is 3.95. The quantitative estimate of drug-likeness (QED) is 0.707. The second-order valence-corrected chi connectivity index (χ2v) is 2.53. The second kappa shape index (κ2) is 3.96. The second-order valence-electron chi connectivity index (χ2n) is 2.53. The Morgan fingerprint density at radius 2 is 2.00 bits per heavy atom. The van der Waals surface area contributed by atoms with Gasteiger partial charge in [0.05, 0.1) is 17.7 Å². The molecule has 2 N–H and O–H groups in total. The Balaban J connectivity index is 0.000000845. The zero-order valence-electron chi connectivity index (χ0n) is 6.92. The molecule has 0 aliphatic rings. The van der Waals surface area contributed by atoms with Crippen LogP contribution in [0, 0.1) is 0 Å². The Hall–Kier alpha value is -1.48. The van der Waals surface area contributed by atoms with Crippen LogP contribution < -0.4 is 5.73 Å². The van der Waals surface area contributed by atoms with Crippen LogP contribution in [0.1, 0.15) is 0 Å². The molecule has 3 nitrogen and oxygen atoms in total. The minimum atomic E-state index is 0. The number of anilines is 1. The molecule has 0 aliphatic carbocycles. The molecule has 0 unspecified atom stereocenters. The third-order valence-corrected chi connectivity index (χ3v) is 1.72. The summed E-state index contributed by atoms with van der Waals surface area (Å²) in [6, 6.07) is 7.69. The lowest BCUT2D eigenvalue weighted by atomic mass is 10.3. The zero-order chi connectivity index (χ0) is 8.39. The van der Waals surface area contributed by atoms with Gasteiger partial charge in [0.2, 0.25) is 0 Å². The summed E-state index contributed by atoms with van der Waals surface area (Å²) in [6.07, 6.45) is 5.32. The van der Waals surface area contributed by atoms with Gasteiger partial charge in [-0.05, 0) is 12.1 Å². The third-order valence-electron chi connectivity index (χ3n) is 1.72. The van der Waals surface area contributed by atoms with Gasteiger partial charge in [-0.1, -0.05) is 12.1 Å². The van der Waals surface area contributed by atoms with Crippen molar-refractivity contribution in [3.05, 3.63) is 43.0 Å². The van der Waals surface area contributed by atoms with E-state index in [1.54, 1.807) is 12.5 Å². The average Bonchev–Trinajstić information content (AvgIpc) is 2.57. The highest BCUT2D eigenvalue weighted by Crippen LogP contribution is 2.14. The van der Waals surface area contributed by atoms with Crippen molar-refractivity contribution >= 4 is 18.1 Å². The van der Waals surface area contributed by atoms with Gasteiger partial charge in [-0.3, -0.25) is 0 Å². The first-order chi connectivity index (χ1) is 5.88. The van der Waals surface area contributed by atoms with Crippen LogP contribution in [-0.2, 0) is 0 Å². The normalized spacial score (nSPS) is 9.23. The fraction of sp³-hybridized carbons (Fsp3) is 0. The van der Waals surface area contributed by atoms with Crippen LogP contribution in [0.25, 0.3) is 5.69 Å². The molecule has 68 valence electrons. The summed E-state index contributed by atoms with van der Waals surface area (Å²) < 4.78 is 1.88. The summed E-state index contributed by atoms with van der Waals surface area (Å²) in [5, 5.41) is 0. The molecule has 0 atom stereocenters. The van der Waals surface area contributed by atoms with Crippen molar-refractivity contribution in [1.82, 2.24) is 9.55 Å². The third kappa shape index (κ3) is 1.81. The number of para-hydroxylation sites is 2. The number of nitrogen functional groups attached to an aromatic ring is 1. The first kappa shape index (κ1) is 9.61. The van der Waals surface area contributed by atoms with E-state index in [1.165, 1.54) is 0 Å². The van der Waals surface area contributed by atoms with Crippen molar-refractivity contribution in [2.24, 2.45) is 0 Å². The smallest absolute Gasteiger partial charge is 0.0992 e. The molecule has 0 fully saturated rings. The molecule has 2 aromatic rings. The van der Waals surface area contributed by atoms with E-state index in [2.05, 4.69) is 4.98 Å². The Morgan fingerprint density at radius 1 is 1.23 bits per heavy atom. The topological polar surface area (TPSA) is 43.8 Å². The van der Waals surface area contributed by atoms with E-state index < -0.39 is 0 Å². The number of imidazole rings is 1. The van der Waals surface area contributed by atoms with Gasteiger partial charge in [0.25, 0.3) is 0 Å². The number of halogens is 1. The van der Waals surface area contributed by atoms with Crippen molar-refractivity contribution in [3.63, 3.8) is 0 Å². The van der Waals surface area contributed by atoms with Crippen LogP contribution in [0.2, 0.25) is 0 Å². The lowest BCUT2D eigenvalue weighted by Crippen LogP contribution is -1.96. The molecule has 0 radical (unpaired) electrons. The maximum atomic E-state index is 5.76. The molecular formula is C9H10ClN3. The van der Waals surface area contributed by atoms with Crippen LogP contribution in [0.5, 0.6) is 0 Å². The summed E-state index contributed by atoms with van der Waals surface area (Å²) in [5.41, 5.74) is 7.49. The van der Waals surface area contributed by atoms with Gasteiger partial charge in [0.15, 0.2) is 0 Å². The summed E-state index contributed by atoms with van der Waals surface area (Å²) in [5.74, 6) is 0. The van der Waals surface area contributed by atoms with Crippen molar-refractivity contribution in [1.29, 1.82) is 0 Å². The zero-order valence-corrected chi connectivity index (χ0v) is 7.74. The largest absolute Gasteiger partial charge is 0.397 e. The van der Waals surface area contributed by atoms with Crippen LogP contribution in [0.3, 0.4) is 0 Å². The van der Waals surface area contributed by atoms with Crippen molar-refractivity contribution in [2.45, 2.75) is 0 Å². The number of hydrogen-bond donors (Lipinski definition) is 1. The van der Waals surface area contributed by atoms with Crippen molar-refractivity contribution < 1.29 is 0 Å². The predicted octanol–water partition coefficient (Wildman–Crippen LogP) is 1.88. The first-order valence-electron chi connectivity index (χ1n) is 3.71. The van der Waals surface area contributed by atoms with Gasteiger partial charge in [-0.15, -0.1) is 12.4 Å². The first-order valence-corrected chi connectivity index (χ1v) is 3.71. The lowest BCUT2D eigenvalue weighted by molar-refractivity contribution is 1.06. The molecule has 4 heteroatoms. The van der Waals surface area contributed by atoms with E-state index >= 15 is 0 Å². The van der Waals surface area contributed by atoms with Gasteiger partial charge < -0.3 is 10.3 Å². The minimum Gasteiger partial charge on any atom is -0.397 e. The summed E-state index contributed by atoms with van der Waals surface area (Å²) in [7, 11) is 0. The molecule has 1 aromatic carbocycles. The van der Waals surface area contributed by atoms with Crippen molar-refractivity contribution in [2.75, 3.05) is 5.73 Å². The predicted molar refractivity (Wildman–Crippen MR) is 55.2 cm³/mol. The molecule has 0 spiro atoms. The van der Waals surface area contributed by atoms with E-state index in [4.69, 9.17) is 5.73 Å². The van der Waals surface area contributed by atoms with E-state index in [1.807, 2.05) is 35.0 Å². The fourth-order valence-corrected chi connectivity index (χ4v) is 1.12. The SMILES string of the molecule is Cl.Nc1ccccc1-n1ccnc1. The number of aromatic nitrogens is 2. The van der Waals surface area contributed by atoms with Crippen LogP contribution in [0.15, 0.2) is 43.0 Å². The highest BCUT2D eigenvalue weighted by atomic mass is 35.5. The number of benzene rings is 1. The minimum absolute atomic E-state index is 0. The Labute approximate surface area is 82.6 Å². The molecule has 2 rings (SSSR count). The molecule has 0 amide bonds. The molecule has 1 aromatic heterocycles. The number of nitrogens with two attached hydrogens (primary N) is 1. The van der Waals surface area contributed by atoms with Gasteiger partial charge in [0, 0.05) is 12.4 Å². The average molecular weight is 196 g/mol. The van der Waals surface area contributed by atoms with E-state index in [0.717, 1.165) is 11.4 Å². The maximum absolute atomic E-state index is 5.76. The standard InChI is InChI=1S/C9H9N3.ClH/c10-8-3-1-2-4-9(8)12-6-5-11-7-12;/h1-7H,10H2;1H. The lowest BCUT2D eigenvalue weighted by Gasteiger charge is -2.04. The molecule has 0 bridgehead atoms. The molecule has 0 aliphatic heterocycles. The van der Waals surface area contributed by atoms with Crippen LogP contribution in [0.4, 0.5) is 5.69 Å². The molecule has 0 saturated heterocycles.